The van der Waals surface area contributed by atoms with Gasteiger partial charge in [0.15, 0.2) is 11.5 Å². The van der Waals surface area contributed by atoms with Crippen LogP contribution in [0.15, 0.2) is 119 Å². The van der Waals surface area contributed by atoms with E-state index in [0.29, 0.717) is 47.2 Å². The molecule has 0 aliphatic carbocycles. The molecule has 10 nitrogen and oxygen atoms in total. The topological polar surface area (TPSA) is 136 Å². The summed E-state index contributed by atoms with van der Waals surface area (Å²) in [5.41, 5.74) is 2.67. The van der Waals surface area contributed by atoms with Crippen molar-refractivity contribution in [3.63, 3.8) is 0 Å². The van der Waals surface area contributed by atoms with Crippen LogP contribution in [-0.4, -0.2) is 47.8 Å². The van der Waals surface area contributed by atoms with Crippen molar-refractivity contribution in [3.8, 4) is 34.5 Å². The van der Waals surface area contributed by atoms with E-state index >= 15 is 0 Å². The highest BCUT2D eigenvalue weighted by molar-refractivity contribution is 5.94. The van der Waals surface area contributed by atoms with Crippen molar-refractivity contribution in [2.75, 3.05) is 13.2 Å². The number of aromatic hydroxyl groups is 2. The van der Waals surface area contributed by atoms with Gasteiger partial charge in [-0.1, -0.05) is 26.0 Å². The first-order valence-corrected chi connectivity index (χ1v) is 16.1. The van der Waals surface area contributed by atoms with E-state index in [1.807, 2.05) is 13.8 Å². The quantitative estimate of drug-likeness (QED) is 0.0680. The number of phenols is 2. The van der Waals surface area contributed by atoms with Crippen molar-refractivity contribution in [2.45, 2.75) is 26.7 Å². The second kappa shape index (κ2) is 17.1. The molecule has 0 aliphatic heterocycles. The van der Waals surface area contributed by atoms with E-state index in [4.69, 9.17) is 18.9 Å². The lowest BCUT2D eigenvalue weighted by Gasteiger charge is -2.10. The number of rotatable bonds is 14. The van der Waals surface area contributed by atoms with Crippen LogP contribution in [-0.2, 0) is 0 Å². The Balaban J connectivity index is 1.18. The summed E-state index contributed by atoms with van der Waals surface area (Å²) in [5.74, 6) is 0.0828. The summed E-state index contributed by atoms with van der Waals surface area (Å²) in [6.07, 6.45) is 4.77. The number of ether oxygens (including phenoxy) is 4. The lowest BCUT2D eigenvalue weighted by Crippen LogP contribution is -2.12. The molecule has 0 atom stereocenters. The second-order valence-corrected chi connectivity index (χ2v) is 11.0. The molecule has 254 valence electrons. The number of esters is 2. The van der Waals surface area contributed by atoms with Crippen LogP contribution >= 0.6 is 0 Å². The van der Waals surface area contributed by atoms with Gasteiger partial charge in [-0.15, -0.1) is 0 Å². The Labute approximate surface area is 289 Å². The molecule has 0 aliphatic rings. The third-order valence-corrected chi connectivity index (χ3v) is 7.12. The van der Waals surface area contributed by atoms with Gasteiger partial charge < -0.3 is 29.2 Å². The first-order chi connectivity index (χ1) is 24.3. The standard InChI is InChI=1S/C40H36N2O8/c1-3-21-47-33-19-13-29(35(43)23-33)25-41-31-15-9-27(10-16-31)39(45)49-37-7-5-6-8-38(37)50-40(46)28-11-17-32(18-12-28)42-26-30-14-20-34(24-36(30)44)48-22-4-2/h5-20,23-26,43-44H,3-4,21-22H2,1-2H3. The maximum atomic E-state index is 13.0. The molecular weight excluding hydrogens is 636 g/mol. The van der Waals surface area contributed by atoms with Crippen LogP contribution in [0, 0.1) is 0 Å². The summed E-state index contributed by atoms with van der Waals surface area (Å²) in [4.78, 5) is 34.7. The zero-order valence-corrected chi connectivity index (χ0v) is 27.6. The zero-order chi connectivity index (χ0) is 35.3. The highest BCUT2D eigenvalue weighted by atomic mass is 16.6. The summed E-state index contributed by atoms with van der Waals surface area (Å²) in [5, 5.41) is 20.6. The van der Waals surface area contributed by atoms with Crippen LogP contribution in [0.3, 0.4) is 0 Å². The Morgan fingerprint density at radius 2 is 0.980 bits per heavy atom. The fraction of sp³-hybridized carbons (Fsp3) is 0.150. The fourth-order valence-corrected chi connectivity index (χ4v) is 4.48. The predicted octanol–water partition coefficient (Wildman–Crippen LogP) is 8.62. The van der Waals surface area contributed by atoms with Crippen molar-refractivity contribution >= 4 is 35.7 Å². The number of benzene rings is 5. The summed E-state index contributed by atoms with van der Waals surface area (Å²) in [6, 6.07) is 29.2. The third kappa shape index (κ3) is 9.57. The summed E-state index contributed by atoms with van der Waals surface area (Å²) in [7, 11) is 0. The largest absolute Gasteiger partial charge is 0.507 e. The van der Waals surface area contributed by atoms with Crippen LogP contribution in [0.5, 0.6) is 34.5 Å². The van der Waals surface area contributed by atoms with E-state index in [1.165, 1.54) is 36.7 Å². The molecule has 0 saturated heterocycles. The van der Waals surface area contributed by atoms with E-state index in [1.54, 1.807) is 84.9 Å². The Kier molecular flexibility index (Phi) is 11.9. The van der Waals surface area contributed by atoms with Gasteiger partial charge in [0.05, 0.1) is 35.7 Å². The van der Waals surface area contributed by atoms with Crippen molar-refractivity contribution in [1.82, 2.24) is 0 Å². The first-order valence-electron chi connectivity index (χ1n) is 16.1. The number of carbonyl (C=O) groups excluding carboxylic acids is 2. The molecule has 5 aromatic rings. The number of hydrogen-bond donors (Lipinski definition) is 2. The number of carbonyl (C=O) groups is 2. The molecule has 0 amide bonds. The van der Waals surface area contributed by atoms with Crippen LogP contribution < -0.4 is 18.9 Å². The van der Waals surface area contributed by atoms with Crippen molar-refractivity contribution in [2.24, 2.45) is 9.98 Å². The number of para-hydroxylation sites is 2. The van der Waals surface area contributed by atoms with E-state index < -0.39 is 11.9 Å². The normalized spacial score (nSPS) is 11.1. The lowest BCUT2D eigenvalue weighted by molar-refractivity contribution is 0.0682. The lowest BCUT2D eigenvalue weighted by atomic mass is 10.2. The van der Waals surface area contributed by atoms with Gasteiger partial charge in [-0.2, -0.15) is 0 Å². The van der Waals surface area contributed by atoms with Gasteiger partial charge >= 0.3 is 11.9 Å². The molecule has 0 spiro atoms. The highest BCUT2D eigenvalue weighted by Crippen LogP contribution is 2.29. The molecule has 5 rings (SSSR count). The molecule has 0 unspecified atom stereocenters. The predicted molar refractivity (Wildman–Crippen MR) is 192 cm³/mol. The average molecular weight is 673 g/mol. The molecule has 0 radical (unpaired) electrons. The minimum atomic E-state index is -0.652. The molecule has 10 heteroatoms. The van der Waals surface area contributed by atoms with Gasteiger partial charge in [0.25, 0.3) is 0 Å². The van der Waals surface area contributed by atoms with Gasteiger partial charge in [-0.05, 0) is 97.8 Å². The minimum absolute atomic E-state index is 0.0429. The molecule has 50 heavy (non-hydrogen) atoms. The first kappa shape index (κ1) is 34.9. The number of phenolic OH excluding ortho intramolecular Hbond substituents is 2. The minimum Gasteiger partial charge on any atom is -0.507 e. The summed E-state index contributed by atoms with van der Waals surface area (Å²) in [6.45, 7) is 5.13. The van der Waals surface area contributed by atoms with Crippen molar-refractivity contribution in [3.05, 3.63) is 131 Å². The van der Waals surface area contributed by atoms with Crippen LogP contribution in [0.25, 0.3) is 0 Å². The van der Waals surface area contributed by atoms with Gasteiger partial charge in [0, 0.05) is 35.7 Å². The molecule has 0 bridgehead atoms. The van der Waals surface area contributed by atoms with E-state index in [9.17, 15) is 19.8 Å². The highest BCUT2D eigenvalue weighted by Gasteiger charge is 2.16. The molecule has 0 aromatic heterocycles. The Morgan fingerprint density at radius 1 is 0.580 bits per heavy atom. The molecular formula is C40H36N2O8. The average Bonchev–Trinajstić information content (AvgIpc) is 3.13. The third-order valence-electron chi connectivity index (χ3n) is 7.12. The Hall–Kier alpha value is -6.42. The molecule has 0 saturated carbocycles. The van der Waals surface area contributed by atoms with Crippen LogP contribution in [0.4, 0.5) is 11.4 Å². The summed E-state index contributed by atoms with van der Waals surface area (Å²) < 4.78 is 22.2. The number of nitrogens with zero attached hydrogens (tertiary/aromatic N) is 2. The number of hydrogen-bond acceptors (Lipinski definition) is 10. The van der Waals surface area contributed by atoms with Gasteiger partial charge in [-0.25, -0.2) is 9.59 Å². The zero-order valence-electron chi connectivity index (χ0n) is 27.6. The molecule has 0 fully saturated rings. The maximum Gasteiger partial charge on any atom is 0.343 e. The Morgan fingerprint density at radius 3 is 1.34 bits per heavy atom. The summed E-state index contributed by atoms with van der Waals surface area (Å²) >= 11 is 0. The van der Waals surface area contributed by atoms with Crippen molar-refractivity contribution in [1.29, 1.82) is 0 Å². The van der Waals surface area contributed by atoms with Crippen molar-refractivity contribution < 1.29 is 38.7 Å². The maximum absolute atomic E-state index is 13.0. The monoisotopic (exact) mass is 672 g/mol. The van der Waals surface area contributed by atoms with Crippen LogP contribution in [0.1, 0.15) is 58.5 Å². The Bertz CT molecular complexity index is 1840. The fourth-order valence-electron chi connectivity index (χ4n) is 4.48. The SMILES string of the molecule is CCCOc1ccc(C=Nc2ccc(C(=O)Oc3ccccc3OC(=O)c3ccc(N=Cc4ccc(OCCC)cc4O)cc3)cc2)c(O)c1. The molecule has 2 N–H and O–H groups in total. The van der Waals surface area contributed by atoms with Gasteiger partial charge in [-0.3, -0.25) is 9.98 Å². The number of aliphatic imine (C=N–C) groups is 2. The van der Waals surface area contributed by atoms with Crippen LogP contribution in [0.2, 0.25) is 0 Å². The van der Waals surface area contributed by atoms with Gasteiger partial charge in [0.2, 0.25) is 0 Å². The second-order valence-electron chi connectivity index (χ2n) is 11.0. The van der Waals surface area contributed by atoms with E-state index in [2.05, 4.69) is 9.98 Å². The van der Waals surface area contributed by atoms with E-state index in [-0.39, 0.29) is 34.1 Å². The van der Waals surface area contributed by atoms with Gasteiger partial charge in [0.1, 0.15) is 23.0 Å². The smallest absolute Gasteiger partial charge is 0.343 e. The molecule has 0 heterocycles. The molecule has 5 aromatic carbocycles. The van der Waals surface area contributed by atoms with E-state index in [0.717, 1.165) is 12.8 Å².